The summed E-state index contributed by atoms with van der Waals surface area (Å²) in [5.41, 5.74) is 1.39. The van der Waals surface area contributed by atoms with Gasteiger partial charge in [0.05, 0.1) is 12.1 Å². The average Bonchev–Trinajstić information content (AvgIpc) is 3.04. The molecule has 0 N–H and O–H groups in total. The second kappa shape index (κ2) is 6.17. The van der Waals surface area contributed by atoms with Crippen LogP contribution in [0.2, 0.25) is 0 Å². The van der Waals surface area contributed by atoms with Gasteiger partial charge in [-0.15, -0.1) is 0 Å². The first-order chi connectivity index (χ1) is 10.7. The molecule has 0 aliphatic carbocycles. The van der Waals surface area contributed by atoms with Crippen LogP contribution in [0.5, 0.6) is 0 Å². The van der Waals surface area contributed by atoms with E-state index in [0.717, 1.165) is 5.56 Å². The van der Waals surface area contributed by atoms with Crippen LogP contribution in [0.15, 0.2) is 59.4 Å². The molecule has 2 aromatic heterocycles. The molecule has 3 rings (SSSR count). The molecule has 1 amide bonds. The van der Waals surface area contributed by atoms with Gasteiger partial charge in [0.25, 0.3) is 5.91 Å². The van der Waals surface area contributed by atoms with Crippen molar-refractivity contribution in [2.24, 2.45) is 0 Å². The fraction of sp³-hybridized carbons (Fsp3) is 0.125. The molecule has 0 saturated carbocycles. The summed E-state index contributed by atoms with van der Waals surface area (Å²) in [6.45, 7) is 0.244. The maximum absolute atomic E-state index is 12.2. The lowest BCUT2D eigenvalue weighted by Crippen LogP contribution is -2.26. The molecule has 22 heavy (non-hydrogen) atoms. The van der Waals surface area contributed by atoms with Crippen LogP contribution in [-0.2, 0) is 6.54 Å². The van der Waals surface area contributed by atoms with Gasteiger partial charge in [0.2, 0.25) is 11.7 Å². The van der Waals surface area contributed by atoms with E-state index in [1.165, 1.54) is 11.1 Å². The zero-order valence-corrected chi connectivity index (χ0v) is 12.0. The first-order valence-corrected chi connectivity index (χ1v) is 6.77. The molecule has 0 radical (unpaired) electrons. The number of amides is 1. The fourth-order valence-electron chi connectivity index (χ4n) is 2.01. The van der Waals surface area contributed by atoms with Gasteiger partial charge in [0.15, 0.2) is 0 Å². The van der Waals surface area contributed by atoms with E-state index in [2.05, 4.69) is 15.1 Å². The molecule has 0 fully saturated rings. The SMILES string of the molecule is CN(Cc1nc(-c2ccccc2)no1)C(=O)c1cccnc1. The molecule has 0 aliphatic heterocycles. The summed E-state index contributed by atoms with van der Waals surface area (Å²) in [7, 11) is 1.68. The minimum Gasteiger partial charge on any atom is -0.337 e. The summed E-state index contributed by atoms with van der Waals surface area (Å²) in [6.07, 6.45) is 3.16. The smallest absolute Gasteiger partial charge is 0.255 e. The third kappa shape index (κ3) is 3.01. The first kappa shape index (κ1) is 13.9. The number of benzene rings is 1. The lowest BCUT2D eigenvalue weighted by atomic mass is 10.2. The van der Waals surface area contributed by atoms with Crippen molar-refractivity contribution in [2.45, 2.75) is 6.54 Å². The highest BCUT2D eigenvalue weighted by Gasteiger charge is 2.16. The van der Waals surface area contributed by atoms with Crippen LogP contribution < -0.4 is 0 Å². The molecule has 6 heteroatoms. The number of rotatable bonds is 4. The largest absolute Gasteiger partial charge is 0.337 e. The predicted octanol–water partition coefficient (Wildman–Crippen LogP) is 2.40. The van der Waals surface area contributed by atoms with Crippen LogP contribution in [0, 0.1) is 0 Å². The van der Waals surface area contributed by atoms with Gasteiger partial charge in [0, 0.05) is 25.0 Å². The van der Waals surface area contributed by atoms with E-state index in [-0.39, 0.29) is 12.5 Å². The third-order valence-electron chi connectivity index (χ3n) is 3.13. The van der Waals surface area contributed by atoms with Gasteiger partial charge in [-0.3, -0.25) is 9.78 Å². The number of carbonyl (C=O) groups excluding carboxylic acids is 1. The molecular formula is C16H14N4O2. The summed E-state index contributed by atoms with van der Waals surface area (Å²) in [5, 5.41) is 3.94. The van der Waals surface area contributed by atoms with Crippen molar-refractivity contribution in [1.29, 1.82) is 0 Å². The molecule has 0 atom stereocenters. The Bertz CT molecular complexity index is 756. The van der Waals surface area contributed by atoms with E-state index in [9.17, 15) is 4.79 Å². The van der Waals surface area contributed by atoms with E-state index < -0.39 is 0 Å². The summed E-state index contributed by atoms with van der Waals surface area (Å²) < 4.78 is 5.21. The number of hydrogen-bond donors (Lipinski definition) is 0. The van der Waals surface area contributed by atoms with Gasteiger partial charge in [-0.05, 0) is 12.1 Å². The fourth-order valence-corrected chi connectivity index (χ4v) is 2.01. The zero-order chi connectivity index (χ0) is 15.4. The summed E-state index contributed by atoms with van der Waals surface area (Å²) in [6, 6.07) is 13.0. The summed E-state index contributed by atoms with van der Waals surface area (Å²) in [5.74, 6) is 0.754. The molecule has 0 bridgehead atoms. The van der Waals surface area contributed by atoms with Crippen molar-refractivity contribution in [3.05, 3.63) is 66.3 Å². The van der Waals surface area contributed by atoms with Crippen molar-refractivity contribution < 1.29 is 9.32 Å². The normalized spacial score (nSPS) is 10.4. The van der Waals surface area contributed by atoms with Crippen LogP contribution in [0.4, 0.5) is 0 Å². The van der Waals surface area contributed by atoms with E-state index in [0.29, 0.717) is 17.3 Å². The Labute approximate surface area is 127 Å². The van der Waals surface area contributed by atoms with Crippen molar-refractivity contribution >= 4 is 5.91 Å². The lowest BCUT2D eigenvalue weighted by molar-refractivity contribution is 0.0769. The molecule has 110 valence electrons. The van der Waals surface area contributed by atoms with Crippen LogP contribution in [0.25, 0.3) is 11.4 Å². The number of carbonyl (C=O) groups is 1. The zero-order valence-electron chi connectivity index (χ0n) is 12.0. The van der Waals surface area contributed by atoms with E-state index in [4.69, 9.17) is 4.52 Å². The quantitative estimate of drug-likeness (QED) is 0.739. The standard InChI is InChI=1S/C16H14N4O2/c1-20(16(21)13-8-5-9-17-10-13)11-14-18-15(19-22-14)12-6-3-2-4-7-12/h2-10H,11H2,1H3. The van der Waals surface area contributed by atoms with Crippen LogP contribution >= 0.6 is 0 Å². The monoisotopic (exact) mass is 294 g/mol. The van der Waals surface area contributed by atoms with Gasteiger partial charge in [-0.25, -0.2) is 0 Å². The third-order valence-corrected chi connectivity index (χ3v) is 3.13. The number of pyridine rings is 1. The Kier molecular flexibility index (Phi) is 3.91. The highest BCUT2D eigenvalue weighted by molar-refractivity contribution is 5.93. The van der Waals surface area contributed by atoms with Gasteiger partial charge in [0.1, 0.15) is 0 Å². The highest BCUT2D eigenvalue weighted by atomic mass is 16.5. The predicted molar refractivity (Wildman–Crippen MR) is 79.8 cm³/mol. The van der Waals surface area contributed by atoms with Crippen LogP contribution in [-0.4, -0.2) is 33.0 Å². The Morgan fingerprint density at radius 2 is 2.00 bits per heavy atom. The Hall–Kier alpha value is -3.02. The van der Waals surface area contributed by atoms with E-state index in [1.807, 2.05) is 30.3 Å². The molecule has 6 nitrogen and oxygen atoms in total. The maximum Gasteiger partial charge on any atom is 0.255 e. The second-order valence-electron chi connectivity index (χ2n) is 4.78. The van der Waals surface area contributed by atoms with Gasteiger partial charge < -0.3 is 9.42 Å². The van der Waals surface area contributed by atoms with Crippen molar-refractivity contribution in [2.75, 3.05) is 7.05 Å². The highest BCUT2D eigenvalue weighted by Crippen LogP contribution is 2.15. The Morgan fingerprint density at radius 1 is 1.18 bits per heavy atom. The van der Waals surface area contributed by atoms with Crippen LogP contribution in [0.1, 0.15) is 16.2 Å². The lowest BCUT2D eigenvalue weighted by Gasteiger charge is -2.14. The van der Waals surface area contributed by atoms with Gasteiger partial charge in [-0.2, -0.15) is 4.98 Å². The molecule has 0 saturated heterocycles. The second-order valence-corrected chi connectivity index (χ2v) is 4.78. The van der Waals surface area contributed by atoms with E-state index >= 15 is 0 Å². The molecule has 3 aromatic rings. The summed E-state index contributed by atoms with van der Waals surface area (Å²) >= 11 is 0. The van der Waals surface area contributed by atoms with E-state index in [1.54, 1.807) is 25.4 Å². The van der Waals surface area contributed by atoms with Crippen molar-refractivity contribution in [3.8, 4) is 11.4 Å². The topological polar surface area (TPSA) is 72.1 Å². The Morgan fingerprint density at radius 3 is 2.73 bits per heavy atom. The molecular weight excluding hydrogens is 280 g/mol. The first-order valence-electron chi connectivity index (χ1n) is 6.77. The number of hydrogen-bond acceptors (Lipinski definition) is 5. The molecule has 2 heterocycles. The molecule has 0 unspecified atom stereocenters. The van der Waals surface area contributed by atoms with Gasteiger partial charge >= 0.3 is 0 Å². The van der Waals surface area contributed by atoms with Crippen molar-refractivity contribution in [1.82, 2.24) is 20.0 Å². The Balaban J connectivity index is 1.71. The maximum atomic E-state index is 12.2. The number of aromatic nitrogens is 3. The average molecular weight is 294 g/mol. The van der Waals surface area contributed by atoms with Crippen LogP contribution in [0.3, 0.4) is 0 Å². The number of nitrogens with zero attached hydrogens (tertiary/aromatic N) is 4. The van der Waals surface area contributed by atoms with Gasteiger partial charge in [-0.1, -0.05) is 35.5 Å². The summed E-state index contributed by atoms with van der Waals surface area (Å²) in [4.78, 5) is 22.0. The van der Waals surface area contributed by atoms with Crippen molar-refractivity contribution in [3.63, 3.8) is 0 Å². The minimum atomic E-state index is -0.146. The minimum absolute atomic E-state index is 0.146. The molecule has 0 aliphatic rings. The molecule has 0 spiro atoms. The molecule has 1 aromatic carbocycles.